The van der Waals surface area contributed by atoms with Gasteiger partial charge in [-0.05, 0) is 32.4 Å². The number of hydrogen-bond acceptors (Lipinski definition) is 3. The average Bonchev–Trinajstić information content (AvgIpc) is 2.28. The normalized spacial score (nSPS) is 19.9. The van der Waals surface area contributed by atoms with Crippen molar-refractivity contribution in [2.24, 2.45) is 5.41 Å². The van der Waals surface area contributed by atoms with Gasteiger partial charge in [-0.2, -0.15) is 0 Å². The fourth-order valence-corrected chi connectivity index (χ4v) is 2.37. The van der Waals surface area contributed by atoms with Gasteiger partial charge in [0.05, 0.1) is 12.5 Å². The minimum atomic E-state index is -0.190. The van der Waals surface area contributed by atoms with Crippen molar-refractivity contribution >= 4 is 5.91 Å². The molecule has 0 aliphatic carbocycles. The molecule has 0 atom stereocenters. The van der Waals surface area contributed by atoms with Gasteiger partial charge in [0.15, 0.2) is 0 Å². The Hall–Kier alpha value is -0.610. The lowest BCUT2D eigenvalue weighted by molar-refractivity contribution is -0.182. The summed E-state index contributed by atoms with van der Waals surface area (Å²) in [6, 6.07) is 0. The first-order chi connectivity index (χ1) is 7.16. The highest BCUT2D eigenvalue weighted by molar-refractivity contribution is 5.81. The van der Waals surface area contributed by atoms with Gasteiger partial charge in [-0.25, -0.2) is 5.06 Å². The maximum absolute atomic E-state index is 12.2. The average molecular weight is 214 g/mol. The molecule has 1 amide bonds. The van der Waals surface area contributed by atoms with E-state index < -0.39 is 0 Å². The standard InChI is InChI=1S/C11H22N2O2/c1-4-5-11(6-8-12-9-7-11)10(14)13(2)15-3/h12H,4-9H2,1-3H3. The molecule has 4 heteroatoms. The molecule has 0 radical (unpaired) electrons. The second-order valence-corrected chi connectivity index (χ2v) is 4.27. The first-order valence-corrected chi connectivity index (χ1v) is 5.69. The Morgan fingerprint density at radius 3 is 2.53 bits per heavy atom. The molecule has 1 saturated heterocycles. The molecule has 1 aliphatic rings. The number of hydroxylamine groups is 2. The zero-order valence-electron chi connectivity index (χ0n) is 10.0. The summed E-state index contributed by atoms with van der Waals surface area (Å²) in [7, 11) is 3.24. The molecule has 1 fully saturated rings. The van der Waals surface area contributed by atoms with Gasteiger partial charge in [0, 0.05) is 7.05 Å². The van der Waals surface area contributed by atoms with Crippen molar-refractivity contribution in [2.75, 3.05) is 27.2 Å². The van der Waals surface area contributed by atoms with E-state index in [1.807, 2.05) is 0 Å². The minimum absolute atomic E-state index is 0.133. The number of rotatable bonds is 4. The predicted molar refractivity (Wildman–Crippen MR) is 59.2 cm³/mol. The molecule has 88 valence electrons. The van der Waals surface area contributed by atoms with Crippen LogP contribution in [0, 0.1) is 5.41 Å². The van der Waals surface area contributed by atoms with Crippen molar-refractivity contribution in [1.82, 2.24) is 10.4 Å². The summed E-state index contributed by atoms with van der Waals surface area (Å²) in [5.41, 5.74) is -0.190. The predicted octanol–water partition coefficient (Wildman–Crippen LogP) is 1.18. The topological polar surface area (TPSA) is 41.6 Å². The Bertz CT molecular complexity index is 207. The lowest BCUT2D eigenvalue weighted by Crippen LogP contribution is -2.47. The highest BCUT2D eigenvalue weighted by atomic mass is 16.7. The lowest BCUT2D eigenvalue weighted by Gasteiger charge is -2.38. The van der Waals surface area contributed by atoms with Crippen LogP contribution in [0.4, 0.5) is 0 Å². The molecule has 0 aromatic carbocycles. The first kappa shape index (κ1) is 12.5. The number of piperidine rings is 1. The highest BCUT2D eigenvalue weighted by Gasteiger charge is 2.40. The summed E-state index contributed by atoms with van der Waals surface area (Å²) in [4.78, 5) is 17.2. The van der Waals surface area contributed by atoms with Crippen molar-refractivity contribution in [3.05, 3.63) is 0 Å². The van der Waals surface area contributed by atoms with Crippen LogP contribution in [0.15, 0.2) is 0 Å². The quantitative estimate of drug-likeness (QED) is 0.714. The summed E-state index contributed by atoms with van der Waals surface area (Å²) in [6.07, 6.45) is 3.85. The van der Waals surface area contributed by atoms with Gasteiger partial charge >= 0.3 is 0 Å². The summed E-state index contributed by atoms with van der Waals surface area (Å²) in [5, 5.41) is 4.67. The number of nitrogens with one attached hydrogen (secondary N) is 1. The summed E-state index contributed by atoms with van der Waals surface area (Å²) < 4.78 is 0. The SMILES string of the molecule is CCCC1(C(=O)N(C)OC)CCNCC1. The Balaban J connectivity index is 2.74. The Kier molecular flexibility index (Phi) is 4.54. The van der Waals surface area contributed by atoms with Crippen molar-refractivity contribution < 1.29 is 9.63 Å². The first-order valence-electron chi connectivity index (χ1n) is 5.69. The fourth-order valence-electron chi connectivity index (χ4n) is 2.37. The summed E-state index contributed by atoms with van der Waals surface area (Å²) in [5.74, 6) is 0.133. The van der Waals surface area contributed by atoms with Crippen LogP contribution in [0.1, 0.15) is 32.6 Å². The minimum Gasteiger partial charge on any atom is -0.317 e. The van der Waals surface area contributed by atoms with E-state index >= 15 is 0 Å². The van der Waals surface area contributed by atoms with Crippen LogP contribution in [0.5, 0.6) is 0 Å². The van der Waals surface area contributed by atoms with E-state index in [1.165, 1.54) is 5.06 Å². The van der Waals surface area contributed by atoms with Gasteiger partial charge in [-0.1, -0.05) is 13.3 Å². The third-order valence-electron chi connectivity index (χ3n) is 3.30. The van der Waals surface area contributed by atoms with Gasteiger partial charge in [0.1, 0.15) is 0 Å². The number of nitrogens with zero attached hydrogens (tertiary/aromatic N) is 1. The molecule has 0 aromatic heterocycles. The van der Waals surface area contributed by atoms with E-state index in [0.29, 0.717) is 0 Å². The smallest absolute Gasteiger partial charge is 0.252 e. The Morgan fingerprint density at radius 1 is 1.47 bits per heavy atom. The zero-order valence-corrected chi connectivity index (χ0v) is 10.0. The van der Waals surface area contributed by atoms with Crippen molar-refractivity contribution in [1.29, 1.82) is 0 Å². The van der Waals surface area contributed by atoms with Gasteiger partial charge < -0.3 is 5.32 Å². The van der Waals surface area contributed by atoms with E-state index in [4.69, 9.17) is 4.84 Å². The maximum Gasteiger partial charge on any atom is 0.252 e. The molecule has 15 heavy (non-hydrogen) atoms. The second-order valence-electron chi connectivity index (χ2n) is 4.27. The van der Waals surface area contributed by atoms with Crippen LogP contribution < -0.4 is 5.32 Å². The molecule has 1 rings (SSSR count). The van der Waals surface area contributed by atoms with E-state index in [0.717, 1.165) is 38.8 Å². The molecule has 0 bridgehead atoms. The van der Waals surface area contributed by atoms with E-state index in [1.54, 1.807) is 14.2 Å². The molecule has 1 heterocycles. The molecular weight excluding hydrogens is 192 g/mol. The lowest BCUT2D eigenvalue weighted by atomic mass is 9.74. The van der Waals surface area contributed by atoms with E-state index in [9.17, 15) is 4.79 Å². The van der Waals surface area contributed by atoms with E-state index in [-0.39, 0.29) is 11.3 Å². The third kappa shape index (κ3) is 2.69. The number of carbonyl (C=O) groups excluding carboxylic acids is 1. The van der Waals surface area contributed by atoms with Gasteiger partial charge in [-0.15, -0.1) is 0 Å². The molecule has 1 aliphatic heterocycles. The fraction of sp³-hybridized carbons (Fsp3) is 0.909. The van der Waals surface area contributed by atoms with Crippen molar-refractivity contribution in [3.8, 4) is 0 Å². The second kappa shape index (κ2) is 5.47. The largest absolute Gasteiger partial charge is 0.317 e. The van der Waals surface area contributed by atoms with Crippen LogP contribution >= 0.6 is 0 Å². The Morgan fingerprint density at radius 2 is 2.07 bits per heavy atom. The van der Waals surface area contributed by atoms with Crippen molar-refractivity contribution in [3.63, 3.8) is 0 Å². The Labute approximate surface area is 91.9 Å². The molecule has 0 aromatic rings. The van der Waals surface area contributed by atoms with Crippen LogP contribution in [-0.4, -0.2) is 38.2 Å². The van der Waals surface area contributed by atoms with Crippen LogP contribution in [0.25, 0.3) is 0 Å². The monoisotopic (exact) mass is 214 g/mol. The van der Waals surface area contributed by atoms with Gasteiger partial charge in [-0.3, -0.25) is 9.63 Å². The number of hydrogen-bond donors (Lipinski definition) is 1. The zero-order chi connectivity index (χ0) is 11.3. The molecule has 0 unspecified atom stereocenters. The van der Waals surface area contributed by atoms with Crippen LogP contribution in [-0.2, 0) is 9.63 Å². The molecule has 0 saturated carbocycles. The third-order valence-corrected chi connectivity index (χ3v) is 3.30. The summed E-state index contributed by atoms with van der Waals surface area (Å²) in [6.45, 7) is 4.00. The number of carbonyl (C=O) groups is 1. The molecule has 1 N–H and O–H groups in total. The van der Waals surface area contributed by atoms with Crippen molar-refractivity contribution in [2.45, 2.75) is 32.6 Å². The highest BCUT2D eigenvalue weighted by Crippen LogP contribution is 2.35. The van der Waals surface area contributed by atoms with Gasteiger partial charge in [0.2, 0.25) is 0 Å². The molecule has 0 spiro atoms. The summed E-state index contributed by atoms with van der Waals surface area (Å²) >= 11 is 0. The maximum atomic E-state index is 12.2. The van der Waals surface area contributed by atoms with Crippen LogP contribution in [0.3, 0.4) is 0 Å². The van der Waals surface area contributed by atoms with Crippen LogP contribution in [0.2, 0.25) is 0 Å². The number of amides is 1. The molecule has 4 nitrogen and oxygen atoms in total. The van der Waals surface area contributed by atoms with E-state index in [2.05, 4.69) is 12.2 Å². The van der Waals surface area contributed by atoms with Gasteiger partial charge in [0.25, 0.3) is 5.91 Å². The molecular formula is C11H22N2O2.